The van der Waals surface area contributed by atoms with Crippen LogP contribution in [0.1, 0.15) is 26.3 Å². The van der Waals surface area contributed by atoms with Crippen molar-refractivity contribution in [1.29, 1.82) is 0 Å². The van der Waals surface area contributed by atoms with E-state index in [2.05, 4.69) is 20.9 Å². The maximum absolute atomic E-state index is 11.7. The summed E-state index contributed by atoms with van der Waals surface area (Å²) in [7, 11) is 1.72. The molecule has 0 radical (unpaired) electrons. The molecule has 0 aliphatic carbocycles. The third kappa shape index (κ3) is 7.37. The molecular weight excluding hydrogens is 312 g/mol. The molecule has 0 saturated heterocycles. The molecule has 0 aromatic heterocycles. The topological polar surface area (TPSA) is 65.5 Å². The van der Waals surface area contributed by atoms with Crippen molar-refractivity contribution in [1.82, 2.24) is 16.0 Å². The van der Waals surface area contributed by atoms with E-state index < -0.39 is 0 Å². The lowest BCUT2D eigenvalue weighted by Crippen LogP contribution is -2.43. The summed E-state index contributed by atoms with van der Waals surface area (Å²) in [4.78, 5) is 15.9. The molecule has 0 spiro atoms. The van der Waals surface area contributed by atoms with Crippen LogP contribution in [0.3, 0.4) is 0 Å². The SMILES string of the molecule is CN=C(NCCNC(=O)C(C)(C)C)NCCc1ccccc1Cl. The van der Waals surface area contributed by atoms with Crippen LogP contribution in [0.2, 0.25) is 5.02 Å². The lowest BCUT2D eigenvalue weighted by molar-refractivity contribution is -0.128. The number of aliphatic imine (C=N–C) groups is 1. The average molecular weight is 339 g/mol. The monoisotopic (exact) mass is 338 g/mol. The maximum atomic E-state index is 11.7. The highest BCUT2D eigenvalue weighted by Crippen LogP contribution is 2.14. The van der Waals surface area contributed by atoms with Crippen LogP contribution < -0.4 is 16.0 Å². The van der Waals surface area contributed by atoms with Crippen LogP contribution in [0, 0.1) is 5.41 Å². The Bertz CT molecular complexity index is 538. The molecule has 1 aromatic carbocycles. The molecule has 6 heteroatoms. The van der Waals surface area contributed by atoms with E-state index >= 15 is 0 Å². The molecule has 0 aliphatic heterocycles. The summed E-state index contributed by atoms with van der Waals surface area (Å²) < 4.78 is 0. The minimum absolute atomic E-state index is 0.0426. The van der Waals surface area contributed by atoms with E-state index in [-0.39, 0.29) is 11.3 Å². The van der Waals surface area contributed by atoms with Gasteiger partial charge in [-0.3, -0.25) is 9.79 Å². The lowest BCUT2D eigenvalue weighted by atomic mass is 9.96. The van der Waals surface area contributed by atoms with Crippen LogP contribution in [0.15, 0.2) is 29.3 Å². The number of halogens is 1. The lowest BCUT2D eigenvalue weighted by Gasteiger charge is -2.18. The Hall–Kier alpha value is -1.75. The van der Waals surface area contributed by atoms with Crippen molar-refractivity contribution in [3.8, 4) is 0 Å². The minimum Gasteiger partial charge on any atom is -0.356 e. The highest BCUT2D eigenvalue weighted by atomic mass is 35.5. The van der Waals surface area contributed by atoms with Crippen LogP contribution in [0.25, 0.3) is 0 Å². The van der Waals surface area contributed by atoms with Gasteiger partial charge in [-0.1, -0.05) is 50.6 Å². The van der Waals surface area contributed by atoms with Crippen LogP contribution >= 0.6 is 11.6 Å². The molecule has 3 N–H and O–H groups in total. The number of benzene rings is 1. The van der Waals surface area contributed by atoms with Gasteiger partial charge < -0.3 is 16.0 Å². The Balaban J connectivity index is 2.25. The van der Waals surface area contributed by atoms with Crippen molar-refractivity contribution >= 4 is 23.5 Å². The van der Waals surface area contributed by atoms with Crippen molar-refractivity contribution in [2.75, 3.05) is 26.7 Å². The molecule has 1 aromatic rings. The Morgan fingerprint density at radius 1 is 1.09 bits per heavy atom. The number of rotatable bonds is 6. The zero-order valence-electron chi connectivity index (χ0n) is 14.4. The van der Waals surface area contributed by atoms with Gasteiger partial charge in [-0.2, -0.15) is 0 Å². The number of amides is 1. The average Bonchev–Trinajstić information content (AvgIpc) is 2.50. The first-order chi connectivity index (χ1) is 10.8. The summed E-state index contributed by atoms with van der Waals surface area (Å²) in [5.74, 6) is 0.753. The molecule has 128 valence electrons. The van der Waals surface area contributed by atoms with Gasteiger partial charge in [-0.15, -0.1) is 0 Å². The van der Waals surface area contributed by atoms with Crippen molar-refractivity contribution in [3.63, 3.8) is 0 Å². The summed E-state index contributed by atoms with van der Waals surface area (Å²) in [6, 6.07) is 7.81. The predicted octanol–water partition coefficient (Wildman–Crippen LogP) is 2.21. The van der Waals surface area contributed by atoms with E-state index in [1.807, 2.05) is 45.0 Å². The Labute approximate surface area is 143 Å². The number of carbonyl (C=O) groups is 1. The zero-order valence-corrected chi connectivity index (χ0v) is 15.1. The standard InChI is InChI=1S/C17H27ClN4O/c1-17(2,3)15(23)20-11-12-22-16(19-4)21-10-9-13-7-5-6-8-14(13)18/h5-8H,9-12H2,1-4H3,(H,20,23)(H2,19,21,22). The van der Waals surface area contributed by atoms with Crippen molar-refractivity contribution in [2.24, 2.45) is 10.4 Å². The molecular formula is C17H27ClN4O. The Morgan fingerprint density at radius 3 is 2.30 bits per heavy atom. The van der Waals surface area contributed by atoms with E-state index in [9.17, 15) is 4.79 Å². The predicted molar refractivity (Wildman–Crippen MR) is 97.0 cm³/mol. The second kappa shape index (κ2) is 9.40. The van der Waals surface area contributed by atoms with Gasteiger partial charge in [0, 0.05) is 37.1 Å². The van der Waals surface area contributed by atoms with Crippen molar-refractivity contribution in [3.05, 3.63) is 34.9 Å². The van der Waals surface area contributed by atoms with Crippen LogP contribution in [0.5, 0.6) is 0 Å². The van der Waals surface area contributed by atoms with E-state index in [0.717, 1.165) is 23.6 Å². The summed E-state index contributed by atoms with van der Waals surface area (Å²) >= 11 is 6.13. The fourth-order valence-electron chi connectivity index (χ4n) is 1.86. The summed E-state index contributed by atoms with van der Waals surface area (Å²) in [5.41, 5.74) is 0.740. The molecule has 1 amide bonds. The number of carbonyl (C=O) groups excluding carboxylic acids is 1. The van der Waals surface area contributed by atoms with E-state index in [1.54, 1.807) is 7.05 Å². The molecule has 0 heterocycles. The van der Waals surface area contributed by atoms with Gasteiger partial charge >= 0.3 is 0 Å². The van der Waals surface area contributed by atoms with E-state index in [4.69, 9.17) is 11.6 Å². The number of nitrogens with one attached hydrogen (secondary N) is 3. The molecule has 0 fully saturated rings. The van der Waals surface area contributed by atoms with E-state index in [0.29, 0.717) is 19.0 Å². The van der Waals surface area contributed by atoms with Crippen molar-refractivity contribution in [2.45, 2.75) is 27.2 Å². The largest absolute Gasteiger partial charge is 0.356 e. The quantitative estimate of drug-likeness (QED) is 0.423. The van der Waals surface area contributed by atoms with Gasteiger partial charge in [0.1, 0.15) is 0 Å². The highest BCUT2D eigenvalue weighted by molar-refractivity contribution is 6.31. The first kappa shape index (κ1) is 19.3. The molecule has 0 bridgehead atoms. The first-order valence-electron chi connectivity index (χ1n) is 7.81. The second-order valence-corrected chi connectivity index (χ2v) is 6.68. The van der Waals surface area contributed by atoms with E-state index in [1.165, 1.54) is 0 Å². The Morgan fingerprint density at radius 2 is 1.70 bits per heavy atom. The van der Waals surface area contributed by atoms with Gasteiger partial charge in [0.15, 0.2) is 5.96 Å². The van der Waals surface area contributed by atoms with Crippen molar-refractivity contribution < 1.29 is 4.79 Å². The minimum atomic E-state index is -0.366. The van der Waals surface area contributed by atoms with Gasteiger partial charge in [0.25, 0.3) is 0 Å². The van der Waals surface area contributed by atoms with Gasteiger partial charge in [-0.25, -0.2) is 0 Å². The molecule has 5 nitrogen and oxygen atoms in total. The second-order valence-electron chi connectivity index (χ2n) is 6.27. The van der Waals surface area contributed by atoms with Gasteiger partial charge in [0.05, 0.1) is 0 Å². The third-order valence-electron chi connectivity index (χ3n) is 3.25. The molecule has 0 saturated carbocycles. The van der Waals surface area contributed by atoms with Crippen LogP contribution in [-0.4, -0.2) is 38.5 Å². The number of nitrogens with zero attached hydrogens (tertiary/aromatic N) is 1. The van der Waals surface area contributed by atoms with Crippen LogP contribution in [-0.2, 0) is 11.2 Å². The highest BCUT2D eigenvalue weighted by Gasteiger charge is 2.20. The molecule has 0 unspecified atom stereocenters. The summed E-state index contributed by atoms with van der Waals surface area (Å²) in [5, 5.41) is 10.1. The fourth-order valence-corrected chi connectivity index (χ4v) is 2.09. The Kier molecular flexibility index (Phi) is 7.89. The number of hydrogen-bond acceptors (Lipinski definition) is 2. The van der Waals surface area contributed by atoms with Gasteiger partial charge in [-0.05, 0) is 18.1 Å². The van der Waals surface area contributed by atoms with Crippen LogP contribution in [0.4, 0.5) is 0 Å². The molecule has 0 aliphatic rings. The normalized spacial score (nSPS) is 12.0. The first-order valence-corrected chi connectivity index (χ1v) is 8.18. The summed E-state index contributed by atoms with van der Waals surface area (Å²) in [6.45, 7) is 7.59. The summed E-state index contributed by atoms with van der Waals surface area (Å²) in [6.07, 6.45) is 0.821. The molecule has 1 rings (SSSR count). The molecule has 23 heavy (non-hydrogen) atoms. The van der Waals surface area contributed by atoms with Gasteiger partial charge in [0.2, 0.25) is 5.91 Å². The molecule has 0 atom stereocenters. The maximum Gasteiger partial charge on any atom is 0.225 e. The number of hydrogen-bond donors (Lipinski definition) is 3. The number of guanidine groups is 1. The fraction of sp³-hybridized carbons (Fsp3) is 0.529. The third-order valence-corrected chi connectivity index (χ3v) is 3.62. The smallest absolute Gasteiger partial charge is 0.225 e. The zero-order chi connectivity index (χ0) is 17.3.